The number of hydrogen-bond acceptors (Lipinski definition) is 5. The Morgan fingerprint density at radius 3 is 2.28 bits per heavy atom. The van der Waals surface area contributed by atoms with Crippen molar-refractivity contribution in [1.29, 1.82) is 0 Å². The number of nitrogens with zero attached hydrogens (tertiary/aromatic N) is 1. The molecule has 1 aliphatic rings. The Hall–Kier alpha value is -3.10. The van der Waals surface area contributed by atoms with Crippen molar-refractivity contribution in [3.63, 3.8) is 0 Å². The van der Waals surface area contributed by atoms with Crippen molar-refractivity contribution in [3.05, 3.63) is 35.4 Å². The van der Waals surface area contributed by atoms with Gasteiger partial charge in [-0.1, -0.05) is 49.6 Å². The van der Waals surface area contributed by atoms with E-state index in [1.165, 1.54) is 0 Å². The van der Waals surface area contributed by atoms with Gasteiger partial charge in [0, 0.05) is 19.0 Å². The van der Waals surface area contributed by atoms with Crippen LogP contribution in [0.1, 0.15) is 89.8 Å². The van der Waals surface area contributed by atoms with E-state index in [4.69, 9.17) is 10.5 Å². The molecule has 0 aliphatic heterocycles. The first-order valence-electron chi connectivity index (χ1n) is 12.9. The Morgan fingerprint density at radius 2 is 1.75 bits per heavy atom. The number of alkyl carbamates (subject to hydrolysis) is 1. The maximum Gasteiger partial charge on any atom is 0.408 e. The Morgan fingerprint density at radius 1 is 1.11 bits per heavy atom. The molecule has 9 heteroatoms. The molecule has 1 aromatic carbocycles. The average Bonchev–Trinajstić information content (AvgIpc) is 3.62. The molecular formula is C27H42N4O5. The molecular weight excluding hydrogens is 460 g/mol. The standard InChI is InChI=1S/C27H42N4O5/c1-6-7-8-17-29-24(33)23(19-11-9-18(2)10-12-19)31(20-13-14-20)25(34)21(15-16-22(28)32)30-26(35)36-27(3,4)5/h9-12,20-21,23H,6-8,13-17H2,1-5H3,(H2,28,32)(H,29,33)(H,30,35). The van der Waals surface area contributed by atoms with Crippen molar-refractivity contribution in [2.75, 3.05) is 6.54 Å². The maximum absolute atomic E-state index is 13.9. The van der Waals surface area contributed by atoms with Crippen LogP contribution in [0, 0.1) is 6.92 Å². The predicted octanol–water partition coefficient (Wildman–Crippen LogP) is 3.49. The largest absolute Gasteiger partial charge is 0.444 e. The third-order valence-corrected chi connectivity index (χ3v) is 5.86. The zero-order chi connectivity index (χ0) is 26.9. The van der Waals surface area contributed by atoms with Crippen LogP contribution in [0.3, 0.4) is 0 Å². The summed E-state index contributed by atoms with van der Waals surface area (Å²) in [7, 11) is 0. The number of benzene rings is 1. The summed E-state index contributed by atoms with van der Waals surface area (Å²) >= 11 is 0. The Bertz CT molecular complexity index is 906. The zero-order valence-electron chi connectivity index (χ0n) is 22.3. The lowest BCUT2D eigenvalue weighted by Gasteiger charge is -2.34. The van der Waals surface area contributed by atoms with Gasteiger partial charge in [-0.15, -0.1) is 0 Å². The molecule has 1 aromatic rings. The molecule has 2 unspecified atom stereocenters. The van der Waals surface area contributed by atoms with E-state index in [0.717, 1.165) is 37.7 Å². The van der Waals surface area contributed by atoms with Gasteiger partial charge in [-0.25, -0.2) is 4.79 Å². The topological polar surface area (TPSA) is 131 Å². The summed E-state index contributed by atoms with van der Waals surface area (Å²) in [5.74, 6) is -1.28. The van der Waals surface area contributed by atoms with E-state index in [-0.39, 0.29) is 24.8 Å². The minimum atomic E-state index is -1.06. The minimum absolute atomic E-state index is 0.00929. The second-order valence-corrected chi connectivity index (χ2v) is 10.5. The average molecular weight is 503 g/mol. The number of amides is 4. The van der Waals surface area contributed by atoms with Crippen LogP contribution in [0.5, 0.6) is 0 Å². The van der Waals surface area contributed by atoms with Crippen LogP contribution < -0.4 is 16.4 Å². The number of nitrogens with one attached hydrogen (secondary N) is 2. The van der Waals surface area contributed by atoms with Gasteiger partial charge in [0.15, 0.2) is 0 Å². The molecule has 1 aliphatic carbocycles. The van der Waals surface area contributed by atoms with E-state index >= 15 is 0 Å². The third kappa shape index (κ3) is 9.51. The first-order valence-corrected chi connectivity index (χ1v) is 12.9. The molecule has 4 amide bonds. The van der Waals surface area contributed by atoms with E-state index in [1.807, 2.05) is 31.2 Å². The Balaban J connectivity index is 2.37. The summed E-state index contributed by atoms with van der Waals surface area (Å²) in [4.78, 5) is 53.0. The van der Waals surface area contributed by atoms with Gasteiger partial charge in [-0.05, 0) is 58.9 Å². The normalized spacial score (nSPS) is 14.9. The molecule has 200 valence electrons. The second kappa shape index (κ2) is 13.3. The lowest BCUT2D eigenvalue weighted by atomic mass is 10.00. The van der Waals surface area contributed by atoms with Gasteiger partial charge < -0.3 is 26.0 Å². The van der Waals surface area contributed by atoms with E-state index < -0.39 is 35.6 Å². The van der Waals surface area contributed by atoms with Crippen LogP contribution in [-0.4, -0.2) is 52.9 Å². The number of primary amides is 1. The van der Waals surface area contributed by atoms with Gasteiger partial charge in [-0.2, -0.15) is 0 Å². The monoisotopic (exact) mass is 502 g/mol. The first kappa shape index (κ1) is 29.1. The van der Waals surface area contributed by atoms with E-state index in [0.29, 0.717) is 12.1 Å². The number of carbonyl (C=O) groups is 4. The van der Waals surface area contributed by atoms with Crippen molar-refractivity contribution >= 4 is 23.8 Å². The second-order valence-electron chi connectivity index (χ2n) is 10.5. The molecule has 0 spiro atoms. The molecule has 2 atom stereocenters. The minimum Gasteiger partial charge on any atom is -0.444 e. The van der Waals surface area contributed by atoms with Gasteiger partial charge in [0.2, 0.25) is 17.7 Å². The lowest BCUT2D eigenvalue weighted by Crippen LogP contribution is -2.54. The molecule has 4 N–H and O–H groups in total. The van der Waals surface area contributed by atoms with Gasteiger partial charge >= 0.3 is 6.09 Å². The van der Waals surface area contributed by atoms with Crippen LogP contribution in [0.25, 0.3) is 0 Å². The van der Waals surface area contributed by atoms with Gasteiger partial charge in [-0.3, -0.25) is 14.4 Å². The van der Waals surface area contributed by atoms with Gasteiger partial charge in [0.1, 0.15) is 17.7 Å². The molecule has 0 saturated heterocycles. The van der Waals surface area contributed by atoms with Crippen molar-refractivity contribution < 1.29 is 23.9 Å². The SMILES string of the molecule is CCCCCNC(=O)C(c1ccc(C)cc1)N(C(=O)C(CCC(N)=O)NC(=O)OC(C)(C)C)C1CC1. The van der Waals surface area contributed by atoms with Crippen LogP contribution in [0.4, 0.5) is 4.79 Å². The van der Waals surface area contributed by atoms with Crippen LogP contribution >= 0.6 is 0 Å². The van der Waals surface area contributed by atoms with Gasteiger partial charge in [0.25, 0.3) is 0 Å². The molecule has 1 fully saturated rings. The molecule has 0 heterocycles. The van der Waals surface area contributed by atoms with Crippen molar-refractivity contribution in [2.45, 2.75) is 103 Å². The lowest BCUT2D eigenvalue weighted by molar-refractivity contribution is -0.143. The molecule has 0 radical (unpaired) electrons. The molecule has 0 bridgehead atoms. The first-order chi connectivity index (χ1) is 16.9. The fraction of sp³-hybridized carbons (Fsp3) is 0.630. The van der Waals surface area contributed by atoms with E-state index in [2.05, 4.69) is 17.6 Å². The summed E-state index contributed by atoms with van der Waals surface area (Å²) in [5, 5.41) is 5.60. The van der Waals surface area contributed by atoms with Gasteiger partial charge in [0.05, 0.1) is 0 Å². The maximum atomic E-state index is 13.9. The summed E-state index contributed by atoms with van der Waals surface area (Å²) in [6.07, 6.45) is 3.54. The molecule has 36 heavy (non-hydrogen) atoms. The highest BCUT2D eigenvalue weighted by atomic mass is 16.6. The number of unbranched alkanes of at least 4 members (excludes halogenated alkanes) is 2. The van der Waals surface area contributed by atoms with Crippen molar-refractivity contribution in [3.8, 4) is 0 Å². The summed E-state index contributed by atoms with van der Waals surface area (Å²) in [6.45, 7) is 9.73. The number of carbonyl (C=O) groups excluding carboxylic acids is 4. The molecule has 9 nitrogen and oxygen atoms in total. The summed E-state index contributed by atoms with van der Waals surface area (Å²) in [5.41, 5.74) is 6.31. The fourth-order valence-corrected chi connectivity index (χ4v) is 3.91. The Kier molecular flexibility index (Phi) is 10.7. The van der Waals surface area contributed by atoms with Crippen LogP contribution in [-0.2, 0) is 19.1 Å². The number of aryl methyl sites for hydroxylation is 1. The molecule has 2 rings (SSSR count). The highest BCUT2D eigenvalue weighted by Gasteiger charge is 2.44. The van der Waals surface area contributed by atoms with E-state index in [1.54, 1.807) is 25.7 Å². The fourth-order valence-electron chi connectivity index (χ4n) is 3.91. The molecule has 0 aromatic heterocycles. The molecule has 1 saturated carbocycles. The highest BCUT2D eigenvalue weighted by molar-refractivity contribution is 5.93. The number of ether oxygens (including phenoxy) is 1. The number of nitrogens with two attached hydrogens (primary N) is 1. The van der Waals surface area contributed by atoms with Crippen molar-refractivity contribution in [1.82, 2.24) is 15.5 Å². The third-order valence-electron chi connectivity index (χ3n) is 5.86. The number of hydrogen-bond donors (Lipinski definition) is 3. The number of rotatable bonds is 13. The predicted molar refractivity (Wildman–Crippen MR) is 138 cm³/mol. The summed E-state index contributed by atoms with van der Waals surface area (Å²) < 4.78 is 5.35. The van der Waals surface area contributed by atoms with E-state index in [9.17, 15) is 19.2 Å². The smallest absolute Gasteiger partial charge is 0.408 e. The summed E-state index contributed by atoms with van der Waals surface area (Å²) in [6, 6.07) is 5.47. The van der Waals surface area contributed by atoms with Crippen LogP contribution in [0.2, 0.25) is 0 Å². The van der Waals surface area contributed by atoms with Crippen LogP contribution in [0.15, 0.2) is 24.3 Å². The quantitative estimate of drug-likeness (QED) is 0.355. The van der Waals surface area contributed by atoms with Crippen molar-refractivity contribution in [2.24, 2.45) is 5.73 Å². The Labute approximate surface area is 214 Å². The highest BCUT2D eigenvalue weighted by Crippen LogP contribution is 2.36. The zero-order valence-corrected chi connectivity index (χ0v) is 22.3.